The molecule has 1 aromatic carbocycles. The van der Waals surface area contributed by atoms with E-state index < -0.39 is 11.7 Å². The zero-order chi connectivity index (χ0) is 43.2. The van der Waals surface area contributed by atoms with Crippen LogP contribution in [-0.2, 0) is 19.1 Å². The van der Waals surface area contributed by atoms with Gasteiger partial charge in [0.05, 0.1) is 37.6 Å². The first-order chi connectivity index (χ1) is 29.0. The molecule has 0 radical (unpaired) electrons. The maximum absolute atomic E-state index is 12.5. The molecule has 8 aliphatic rings. The highest BCUT2D eigenvalue weighted by molar-refractivity contribution is 5.93. The van der Waals surface area contributed by atoms with E-state index in [1.807, 2.05) is 6.08 Å². The van der Waals surface area contributed by atoms with E-state index in [9.17, 15) is 24.9 Å². The van der Waals surface area contributed by atoms with E-state index in [1.165, 1.54) is 29.5 Å². The predicted molar refractivity (Wildman–Crippen MR) is 239 cm³/mol. The second-order valence-corrected chi connectivity index (χ2v) is 22.8. The second-order valence-electron chi connectivity index (χ2n) is 22.8. The topological polar surface area (TPSA) is 117 Å². The van der Waals surface area contributed by atoms with Crippen molar-refractivity contribution >= 4 is 17.4 Å². The minimum atomic E-state index is -0.671. The smallest absolute Gasteiger partial charge is 0.305 e. The summed E-state index contributed by atoms with van der Waals surface area (Å²) in [6.07, 6.45) is 15.8. The third-order valence-electron chi connectivity index (χ3n) is 20.3. The number of hydrogen-bond acceptors (Lipinski definition) is 8. The lowest BCUT2D eigenvalue weighted by Crippen LogP contribution is -2.62. The number of anilines is 1. The van der Waals surface area contributed by atoms with E-state index in [-0.39, 0.29) is 52.0 Å². The number of esters is 1. The van der Waals surface area contributed by atoms with Crippen molar-refractivity contribution in [1.82, 2.24) is 0 Å². The molecular formula is C53H77NO7. The molecule has 0 heterocycles. The molecule has 2 unspecified atom stereocenters. The Balaban J connectivity index is 0.827. The summed E-state index contributed by atoms with van der Waals surface area (Å²) in [7, 11) is 3.61. The number of hydrogen-bond donors (Lipinski definition) is 3. The summed E-state index contributed by atoms with van der Waals surface area (Å²) in [5, 5.41) is 35.8. The van der Waals surface area contributed by atoms with Gasteiger partial charge in [-0.3, -0.25) is 9.59 Å². The van der Waals surface area contributed by atoms with Gasteiger partial charge in [-0.25, -0.2) is 0 Å². The molecule has 8 nitrogen and oxygen atoms in total. The van der Waals surface area contributed by atoms with Gasteiger partial charge in [0.15, 0.2) is 5.78 Å². The minimum absolute atomic E-state index is 0.0874. The average molecular weight is 840 g/mol. The van der Waals surface area contributed by atoms with Gasteiger partial charge in [-0.05, 0) is 190 Å². The molecule has 6 saturated carbocycles. The molecule has 3 N–H and O–H groups in total. The maximum atomic E-state index is 12.5. The van der Waals surface area contributed by atoms with Crippen LogP contribution in [0.5, 0.6) is 0 Å². The van der Waals surface area contributed by atoms with Gasteiger partial charge < -0.3 is 29.7 Å². The SMILES string of the molecule is COC(=O)CC[C@@H](C)[C@H]1CC[C@H]2[C@@H]3[C@H](O)C[C@@H]4C[C@@H](OCCN(C)c5ccc([C@H]6C[C@@]7(C)C(CC[C@]7(C)O)C7CCC8=CC(=O)CCC8=C76)cc5)CC[C@]4(C)[C@H]3C[C@H](O)[C@]12C. The van der Waals surface area contributed by atoms with Crippen molar-refractivity contribution in [3.63, 3.8) is 0 Å². The summed E-state index contributed by atoms with van der Waals surface area (Å²) in [6, 6.07) is 9.19. The second kappa shape index (κ2) is 16.2. The highest BCUT2D eigenvalue weighted by Gasteiger charge is 2.66. The summed E-state index contributed by atoms with van der Waals surface area (Å²) in [5.74, 6) is 3.19. The first-order valence-electron chi connectivity index (χ1n) is 24.5. The van der Waals surface area contributed by atoms with Crippen LogP contribution in [0.2, 0.25) is 0 Å². The molecule has 1 aromatic rings. The molecule has 0 aromatic heterocycles. The van der Waals surface area contributed by atoms with Gasteiger partial charge in [0.25, 0.3) is 0 Å². The van der Waals surface area contributed by atoms with Crippen molar-refractivity contribution in [3.05, 3.63) is 52.6 Å². The van der Waals surface area contributed by atoms with Crippen LogP contribution in [0, 0.1) is 63.6 Å². The number of aliphatic hydroxyl groups excluding tert-OH is 2. The molecule has 0 bridgehead atoms. The summed E-state index contributed by atoms with van der Waals surface area (Å²) in [5.41, 5.74) is 5.87. The minimum Gasteiger partial charge on any atom is -0.469 e. The molecule has 8 aliphatic carbocycles. The first kappa shape index (κ1) is 43.7. The number of aliphatic hydroxyl groups is 3. The Labute approximate surface area is 366 Å². The Morgan fingerprint density at radius 3 is 2.44 bits per heavy atom. The Morgan fingerprint density at radius 1 is 0.918 bits per heavy atom. The quantitative estimate of drug-likeness (QED) is 0.200. The van der Waals surface area contributed by atoms with Crippen LogP contribution in [0.1, 0.15) is 149 Å². The van der Waals surface area contributed by atoms with Gasteiger partial charge >= 0.3 is 5.97 Å². The van der Waals surface area contributed by atoms with Crippen molar-refractivity contribution in [1.29, 1.82) is 0 Å². The molecule has 0 spiro atoms. The van der Waals surface area contributed by atoms with Crippen LogP contribution >= 0.6 is 0 Å². The number of likely N-dealkylation sites (N-methyl/N-ethyl adjacent to an activating group) is 1. The van der Waals surface area contributed by atoms with Crippen LogP contribution in [0.25, 0.3) is 0 Å². The number of carbonyl (C=O) groups is 2. The van der Waals surface area contributed by atoms with Crippen LogP contribution in [0.3, 0.4) is 0 Å². The number of fused-ring (bicyclic) bond motifs is 9. The molecule has 8 heteroatoms. The van der Waals surface area contributed by atoms with E-state index in [0.717, 1.165) is 96.4 Å². The number of benzene rings is 1. The average Bonchev–Trinajstić information content (AvgIpc) is 3.72. The lowest BCUT2D eigenvalue weighted by Gasteiger charge is -2.63. The fourth-order valence-electron chi connectivity index (χ4n) is 16.5. The number of methoxy groups -OCH3 is 1. The van der Waals surface area contributed by atoms with E-state index >= 15 is 0 Å². The van der Waals surface area contributed by atoms with E-state index in [0.29, 0.717) is 60.9 Å². The normalized spacial score (nSPS) is 44.5. The van der Waals surface area contributed by atoms with E-state index in [1.54, 1.807) is 5.57 Å². The molecule has 0 aliphatic heterocycles. The van der Waals surface area contributed by atoms with Crippen molar-refractivity contribution in [2.45, 2.75) is 167 Å². The van der Waals surface area contributed by atoms with E-state index in [4.69, 9.17) is 9.47 Å². The number of rotatable bonds is 10. The number of nitrogens with zero attached hydrogens (tertiary/aromatic N) is 1. The van der Waals surface area contributed by atoms with Gasteiger partial charge in [-0.1, -0.05) is 45.4 Å². The summed E-state index contributed by atoms with van der Waals surface area (Å²) in [4.78, 5) is 26.7. The molecule has 0 amide bonds. The molecular weight excluding hydrogens is 763 g/mol. The molecule has 16 atom stereocenters. The van der Waals surface area contributed by atoms with Crippen LogP contribution in [0.15, 0.2) is 47.1 Å². The number of ketones is 1. The molecule has 6 fully saturated rings. The first-order valence-corrected chi connectivity index (χ1v) is 24.5. The maximum Gasteiger partial charge on any atom is 0.305 e. The number of allylic oxidation sites excluding steroid dienone is 4. The van der Waals surface area contributed by atoms with Gasteiger partial charge in [-0.2, -0.15) is 0 Å². The van der Waals surface area contributed by atoms with Gasteiger partial charge in [0.1, 0.15) is 0 Å². The molecule has 61 heavy (non-hydrogen) atoms. The Kier molecular flexibility index (Phi) is 11.6. The van der Waals surface area contributed by atoms with Crippen molar-refractivity contribution in [2.24, 2.45) is 63.6 Å². The third-order valence-corrected chi connectivity index (χ3v) is 20.3. The number of ether oxygens (including phenoxy) is 2. The fraction of sp³-hybridized carbons (Fsp3) is 0.774. The van der Waals surface area contributed by atoms with Gasteiger partial charge in [-0.15, -0.1) is 0 Å². The monoisotopic (exact) mass is 840 g/mol. The third kappa shape index (κ3) is 7.13. The van der Waals surface area contributed by atoms with Crippen molar-refractivity contribution in [2.75, 3.05) is 32.2 Å². The van der Waals surface area contributed by atoms with Crippen LogP contribution in [0.4, 0.5) is 5.69 Å². The number of carbonyl (C=O) groups excluding carboxylic acids is 2. The lowest BCUT2D eigenvalue weighted by atomic mass is 9.43. The molecule has 0 saturated heterocycles. The predicted octanol–water partition coefficient (Wildman–Crippen LogP) is 9.35. The highest BCUT2D eigenvalue weighted by Crippen LogP contribution is 2.69. The van der Waals surface area contributed by atoms with E-state index in [2.05, 4.69) is 70.8 Å². The van der Waals surface area contributed by atoms with Crippen LogP contribution in [-0.4, -0.2) is 78.3 Å². The zero-order valence-electron chi connectivity index (χ0n) is 38.5. The molecule has 336 valence electrons. The summed E-state index contributed by atoms with van der Waals surface area (Å²) < 4.78 is 11.6. The largest absolute Gasteiger partial charge is 0.469 e. The molecule has 9 rings (SSSR count). The summed E-state index contributed by atoms with van der Waals surface area (Å²) in [6.45, 7) is 12.9. The zero-order valence-corrected chi connectivity index (χ0v) is 38.5. The van der Waals surface area contributed by atoms with Gasteiger partial charge in [0.2, 0.25) is 0 Å². The highest BCUT2D eigenvalue weighted by atomic mass is 16.5. The standard InChI is InChI=1S/C53H77NO7/c1-31(8-19-47(58)60-7)41-17-18-43-49-44(29-46(57)53(41,43)5)50(2)22-20-37(27-34(50)28-45(49)56)61-25-24-54(6)35-12-9-32(10-13-35)40-30-51(3)42(21-23-52(51,4)59)39-15-11-33-26-36(55)14-16-38(33)48(39)40/h9-10,12-13,26,31,34,37,39-46,49,56-57,59H,8,11,14-25,27-30H2,1-7H3/t31-,34+,37+,39?,40-,41-,42?,43+,44+,45-,46+,49+,50+,51+,52+,53-/m1/s1. The fourth-order valence-corrected chi connectivity index (χ4v) is 16.5. The van der Waals surface area contributed by atoms with Crippen LogP contribution < -0.4 is 4.90 Å². The Bertz CT molecular complexity index is 1900. The summed E-state index contributed by atoms with van der Waals surface area (Å²) >= 11 is 0. The Hall–Kier alpha value is -2.52. The lowest BCUT2D eigenvalue weighted by molar-refractivity contribution is -0.209. The Morgan fingerprint density at radius 2 is 1.69 bits per heavy atom. The van der Waals surface area contributed by atoms with Gasteiger partial charge in [0, 0.05) is 43.5 Å². The van der Waals surface area contributed by atoms with Crippen molar-refractivity contribution in [3.8, 4) is 0 Å². The van der Waals surface area contributed by atoms with Crippen molar-refractivity contribution < 1.29 is 34.4 Å².